The summed E-state index contributed by atoms with van der Waals surface area (Å²) in [5, 5.41) is 10.0. The van der Waals surface area contributed by atoms with Crippen molar-refractivity contribution in [1.82, 2.24) is 0 Å². The van der Waals surface area contributed by atoms with Gasteiger partial charge in [-0.3, -0.25) is 0 Å². The van der Waals surface area contributed by atoms with Gasteiger partial charge in [-0.25, -0.2) is 0 Å². The van der Waals surface area contributed by atoms with Crippen molar-refractivity contribution in [2.45, 2.75) is 38.9 Å². The Bertz CT molecular complexity index is 1010. The van der Waals surface area contributed by atoms with Crippen molar-refractivity contribution in [2.75, 3.05) is 35.0 Å². The molecule has 0 fully saturated rings. The van der Waals surface area contributed by atoms with Crippen molar-refractivity contribution >= 4 is 13.9 Å². The largest absolute Gasteiger partial charge is 0.542 e. The van der Waals surface area contributed by atoms with E-state index in [-0.39, 0.29) is 12.5 Å². The average molecular weight is 473 g/mol. The van der Waals surface area contributed by atoms with E-state index in [0.29, 0.717) is 23.0 Å². The molecule has 0 spiro atoms. The van der Waals surface area contributed by atoms with Gasteiger partial charge in [0.15, 0.2) is 17.2 Å². The smallest absolute Gasteiger partial charge is 0.245 e. The molecule has 2 aromatic rings. The summed E-state index contributed by atoms with van der Waals surface area (Å²) in [5.41, 5.74) is 4.04. The van der Waals surface area contributed by atoms with E-state index in [4.69, 9.17) is 23.4 Å². The first-order valence-electron chi connectivity index (χ1n) is 11.3. The second kappa shape index (κ2) is 10.5. The predicted octanol–water partition coefficient (Wildman–Crippen LogP) is 5.31. The number of fused-ring (bicyclic) bond motifs is 1. The molecular formula is C26H36O6Si. The lowest BCUT2D eigenvalue weighted by Gasteiger charge is -2.25. The van der Waals surface area contributed by atoms with Crippen molar-refractivity contribution in [3.63, 3.8) is 0 Å². The number of benzene rings is 2. The van der Waals surface area contributed by atoms with Gasteiger partial charge >= 0.3 is 0 Å². The maximum Gasteiger partial charge on any atom is 0.245 e. The van der Waals surface area contributed by atoms with Crippen molar-refractivity contribution < 1.29 is 28.5 Å². The fourth-order valence-electron chi connectivity index (χ4n) is 4.13. The zero-order chi connectivity index (χ0) is 24.2. The summed E-state index contributed by atoms with van der Waals surface area (Å²) in [6.07, 6.45) is 3.69. The Hall–Kier alpha value is -2.64. The molecule has 0 aromatic heterocycles. The van der Waals surface area contributed by atoms with Crippen LogP contribution in [0.5, 0.6) is 28.7 Å². The lowest BCUT2D eigenvalue weighted by molar-refractivity contribution is 0.246. The van der Waals surface area contributed by atoms with Crippen LogP contribution in [0.2, 0.25) is 19.1 Å². The van der Waals surface area contributed by atoms with E-state index in [1.54, 1.807) is 28.4 Å². The Labute approximate surface area is 198 Å². The van der Waals surface area contributed by atoms with Crippen LogP contribution in [-0.2, 0) is 6.42 Å². The number of methoxy groups -OCH3 is 4. The van der Waals surface area contributed by atoms with Gasteiger partial charge in [0.05, 0.1) is 28.4 Å². The Morgan fingerprint density at radius 3 is 2.18 bits per heavy atom. The zero-order valence-electron chi connectivity index (χ0n) is 20.8. The topological polar surface area (TPSA) is 66.4 Å². The van der Waals surface area contributed by atoms with Crippen LogP contribution in [0.3, 0.4) is 0 Å². The number of aliphatic hydroxyl groups excluding tert-OH is 1. The quantitative estimate of drug-likeness (QED) is 0.499. The zero-order valence-corrected chi connectivity index (χ0v) is 21.8. The molecule has 1 atom stereocenters. The lowest BCUT2D eigenvalue weighted by atomic mass is 9.92. The van der Waals surface area contributed by atoms with E-state index in [9.17, 15) is 5.11 Å². The Balaban J connectivity index is 2.25. The van der Waals surface area contributed by atoms with Gasteiger partial charge in [-0.2, -0.15) is 0 Å². The summed E-state index contributed by atoms with van der Waals surface area (Å²) in [7, 11) is 4.66. The number of hydrogen-bond donors (Lipinski definition) is 1. The first-order chi connectivity index (χ1) is 15.8. The van der Waals surface area contributed by atoms with E-state index in [1.165, 1.54) is 0 Å². The van der Waals surface area contributed by atoms with Gasteiger partial charge < -0.3 is 28.5 Å². The molecule has 7 heteroatoms. The molecular weight excluding hydrogens is 436 g/mol. The van der Waals surface area contributed by atoms with Gasteiger partial charge in [-0.15, -0.1) is 0 Å². The molecule has 0 saturated carbocycles. The van der Waals surface area contributed by atoms with Gasteiger partial charge in [0.1, 0.15) is 5.75 Å². The van der Waals surface area contributed by atoms with Crippen LogP contribution in [-0.4, -0.2) is 48.5 Å². The minimum absolute atomic E-state index is 0.0158. The molecule has 0 amide bonds. The molecule has 0 heterocycles. The third-order valence-corrected chi connectivity index (χ3v) is 8.81. The van der Waals surface area contributed by atoms with Crippen LogP contribution in [0, 0.1) is 5.92 Å². The fraction of sp³-hybridized carbons (Fsp3) is 0.462. The van der Waals surface area contributed by atoms with Crippen LogP contribution in [0.4, 0.5) is 0 Å². The van der Waals surface area contributed by atoms with Crippen LogP contribution < -0.4 is 23.4 Å². The Morgan fingerprint density at radius 2 is 1.61 bits per heavy atom. The number of aliphatic hydroxyl groups is 1. The highest BCUT2D eigenvalue weighted by molar-refractivity contribution is 6.71. The first kappa shape index (κ1) is 25.0. The van der Waals surface area contributed by atoms with E-state index >= 15 is 0 Å². The third kappa shape index (κ3) is 5.14. The second-order valence-corrected chi connectivity index (χ2v) is 13.2. The van der Waals surface area contributed by atoms with Crippen LogP contribution in [0.1, 0.15) is 30.0 Å². The van der Waals surface area contributed by atoms with E-state index in [1.807, 2.05) is 24.3 Å². The summed E-state index contributed by atoms with van der Waals surface area (Å²) in [6.45, 7) is 6.63. The van der Waals surface area contributed by atoms with Crippen molar-refractivity contribution in [1.29, 1.82) is 0 Å². The molecule has 6 nitrogen and oxygen atoms in total. The van der Waals surface area contributed by atoms with E-state index < -0.39 is 8.32 Å². The molecule has 0 saturated heterocycles. The molecule has 0 unspecified atom stereocenters. The van der Waals surface area contributed by atoms with Gasteiger partial charge in [-0.1, -0.05) is 19.1 Å². The molecule has 0 aliphatic heterocycles. The second-order valence-electron chi connectivity index (χ2n) is 8.81. The first-order valence-corrected chi connectivity index (χ1v) is 14.5. The highest BCUT2D eigenvalue weighted by Crippen LogP contribution is 2.48. The summed E-state index contributed by atoms with van der Waals surface area (Å²) in [5.74, 6) is 3.32. The predicted molar refractivity (Wildman–Crippen MR) is 134 cm³/mol. The third-order valence-electron chi connectivity index (χ3n) is 6.34. The number of hydrogen-bond acceptors (Lipinski definition) is 6. The lowest BCUT2D eigenvalue weighted by Crippen LogP contribution is -2.33. The maximum absolute atomic E-state index is 10.0. The van der Waals surface area contributed by atoms with Crippen molar-refractivity contribution in [3.05, 3.63) is 47.0 Å². The fourth-order valence-corrected chi connectivity index (χ4v) is 5.03. The highest BCUT2D eigenvalue weighted by atomic mass is 28.4. The summed E-state index contributed by atoms with van der Waals surface area (Å²) >= 11 is 0. The highest BCUT2D eigenvalue weighted by Gasteiger charge is 2.28. The minimum atomic E-state index is -1.88. The molecule has 180 valence electrons. The molecule has 2 aromatic carbocycles. The average Bonchev–Trinajstić information content (AvgIpc) is 3.01. The van der Waals surface area contributed by atoms with Crippen LogP contribution >= 0.6 is 0 Å². The maximum atomic E-state index is 10.0. The SMILES string of the molecule is CC[Si](C)(C)Oc1cc(C2=C[C@H](CO)CCc3c2cc(OC)c(OC)c3OC)ccc1OC. The monoisotopic (exact) mass is 472 g/mol. The number of ether oxygens (including phenoxy) is 4. The Kier molecular flexibility index (Phi) is 7.97. The normalized spacial score (nSPS) is 15.8. The standard InChI is InChI=1S/C26H36O6Si/c1-8-33(6,7)32-23-14-18(10-12-22(23)28-2)20-13-17(16-27)9-11-19-21(20)15-24(29-3)26(31-5)25(19)30-4/h10,12-15,17,27H,8-9,11,16H2,1-7H3/t17-/m1/s1. The summed E-state index contributed by atoms with van der Waals surface area (Å²) in [6, 6.07) is 9.01. The van der Waals surface area contributed by atoms with Crippen molar-refractivity contribution in [2.24, 2.45) is 5.92 Å². The van der Waals surface area contributed by atoms with Crippen LogP contribution in [0.15, 0.2) is 30.3 Å². The molecule has 33 heavy (non-hydrogen) atoms. The molecule has 0 bridgehead atoms. The van der Waals surface area contributed by atoms with Crippen molar-refractivity contribution in [3.8, 4) is 28.7 Å². The van der Waals surface area contributed by atoms with Crippen LogP contribution in [0.25, 0.3) is 5.57 Å². The van der Waals surface area contributed by atoms with Gasteiger partial charge in [0, 0.05) is 18.1 Å². The number of rotatable bonds is 9. The summed E-state index contributed by atoms with van der Waals surface area (Å²) < 4.78 is 29.1. The molecule has 1 aliphatic carbocycles. The van der Waals surface area contributed by atoms with E-state index in [0.717, 1.165) is 46.9 Å². The van der Waals surface area contributed by atoms with Gasteiger partial charge in [-0.05, 0) is 66.9 Å². The molecule has 1 N–H and O–H groups in total. The minimum Gasteiger partial charge on any atom is -0.542 e. The molecule has 1 aliphatic rings. The molecule has 0 radical (unpaired) electrons. The molecule has 3 rings (SSSR count). The van der Waals surface area contributed by atoms with Gasteiger partial charge in [0.25, 0.3) is 0 Å². The van der Waals surface area contributed by atoms with E-state index in [2.05, 4.69) is 26.1 Å². The Morgan fingerprint density at radius 1 is 0.909 bits per heavy atom. The summed E-state index contributed by atoms with van der Waals surface area (Å²) in [4.78, 5) is 0. The van der Waals surface area contributed by atoms with Gasteiger partial charge in [0.2, 0.25) is 14.1 Å².